The van der Waals surface area contributed by atoms with Crippen molar-refractivity contribution in [3.05, 3.63) is 72.4 Å². The quantitative estimate of drug-likeness (QED) is 0.0322. The van der Waals surface area contributed by atoms with Gasteiger partial charge in [-0.3, -0.25) is 0 Å². The highest BCUT2D eigenvalue weighted by atomic mass is 16.6. The van der Waals surface area contributed by atoms with Gasteiger partial charge in [0.25, 0.3) is 0 Å². The molecule has 1 aliphatic heterocycles. The van der Waals surface area contributed by atoms with Crippen molar-refractivity contribution in [2.45, 2.75) is 146 Å². The molecular formula is C39H64O12. The van der Waals surface area contributed by atoms with Crippen molar-refractivity contribution in [1.82, 2.24) is 0 Å². The Labute approximate surface area is 303 Å². The molecule has 0 bridgehead atoms. The van der Waals surface area contributed by atoms with Crippen LogP contribution in [0.4, 0.5) is 0 Å². The van der Waals surface area contributed by atoms with E-state index in [0.29, 0.717) is 18.4 Å². The first-order valence-electron chi connectivity index (χ1n) is 17.9. The van der Waals surface area contributed by atoms with Crippen LogP contribution in [0, 0.1) is 11.8 Å². The Kier molecular flexibility index (Phi) is 22.5. The minimum Gasteiger partial charge on any atom is -0.466 e. The Balaban J connectivity index is 2.46. The van der Waals surface area contributed by atoms with Gasteiger partial charge in [-0.25, -0.2) is 4.79 Å². The van der Waals surface area contributed by atoms with Crippen LogP contribution in [0.1, 0.15) is 85.5 Å². The summed E-state index contributed by atoms with van der Waals surface area (Å²) in [5.74, 6) is -2.65. The predicted octanol–water partition coefficient (Wildman–Crippen LogP) is 2.66. The summed E-state index contributed by atoms with van der Waals surface area (Å²) in [6.07, 6.45) is 11.1. The van der Waals surface area contributed by atoms with E-state index in [9.17, 15) is 50.8 Å². The molecule has 0 saturated carbocycles. The van der Waals surface area contributed by atoms with Crippen LogP contribution in [0.2, 0.25) is 0 Å². The summed E-state index contributed by atoms with van der Waals surface area (Å²) in [6, 6.07) is 0. The monoisotopic (exact) mass is 724 g/mol. The molecule has 0 amide bonds. The molecule has 0 spiro atoms. The van der Waals surface area contributed by atoms with Crippen molar-refractivity contribution in [1.29, 1.82) is 0 Å². The Morgan fingerprint density at radius 2 is 1.41 bits per heavy atom. The Morgan fingerprint density at radius 3 is 2.04 bits per heavy atom. The minimum absolute atomic E-state index is 0.0140. The molecule has 0 aromatic rings. The zero-order valence-electron chi connectivity index (χ0n) is 30.8. The standard InChI is InChI=1S/C39H64O12/c1-26(2)37(47)28(4)36(46)23-32(43)21-31(42)19-29(40)16-14-17-30(41)20-33(44)24-39(49)25-34(45)22-35(51-39)18-13-11-9-7-6-8-10-12-15-27(3)38(48)50-5/h6-15,17,26,28-37,40-47,49H,16,18-25H2,1-5H3/b8-6+,9-7+,12-10+,13-11+,17-14+,27-15+/t28-,29+,30-,31+,32-,33+,34-,35+,36-,37-,39-/m0/s1. The largest absolute Gasteiger partial charge is 0.466 e. The molecule has 1 saturated heterocycles. The third-order valence-electron chi connectivity index (χ3n) is 8.80. The smallest absolute Gasteiger partial charge is 0.333 e. The van der Waals surface area contributed by atoms with E-state index in [-0.39, 0.29) is 56.8 Å². The molecule has 12 heteroatoms. The van der Waals surface area contributed by atoms with Crippen LogP contribution in [-0.2, 0) is 14.3 Å². The number of carbonyl (C=O) groups is 1. The van der Waals surface area contributed by atoms with Gasteiger partial charge in [0, 0.05) is 37.2 Å². The number of aliphatic hydroxyl groups excluding tert-OH is 8. The van der Waals surface area contributed by atoms with Gasteiger partial charge in [0.1, 0.15) is 0 Å². The average Bonchev–Trinajstić information content (AvgIpc) is 3.03. The molecule has 292 valence electrons. The summed E-state index contributed by atoms with van der Waals surface area (Å²) < 4.78 is 10.5. The second-order valence-electron chi connectivity index (χ2n) is 14.1. The molecule has 12 nitrogen and oxygen atoms in total. The van der Waals surface area contributed by atoms with Crippen molar-refractivity contribution in [3.63, 3.8) is 0 Å². The number of esters is 1. The zero-order valence-corrected chi connectivity index (χ0v) is 30.8. The highest BCUT2D eigenvalue weighted by Gasteiger charge is 2.41. The zero-order chi connectivity index (χ0) is 38.6. The molecule has 0 aliphatic carbocycles. The van der Waals surface area contributed by atoms with Gasteiger partial charge in [-0.15, -0.1) is 0 Å². The maximum absolute atomic E-state index is 11.3. The summed E-state index contributed by atoms with van der Waals surface area (Å²) in [6.45, 7) is 7.04. The summed E-state index contributed by atoms with van der Waals surface area (Å²) in [4.78, 5) is 11.3. The lowest BCUT2D eigenvalue weighted by Crippen LogP contribution is -2.48. The van der Waals surface area contributed by atoms with Gasteiger partial charge < -0.3 is 55.4 Å². The van der Waals surface area contributed by atoms with E-state index in [0.717, 1.165) is 0 Å². The van der Waals surface area contributed by atoms with Gasteiger partial charge in [0.15, 0.2) is 5.79 Å². The number of rotatable bonds is 23. The van der Waals surface area contributed by atoms with Gasteiger partial charge >= 0.3 is 5.97 Å². The van der Waals surface area contributed by atoms with E-state index in [2.05, 4.69) is 4.74 Å². The summed E-state index contributed by atoms with van der Waals surface area (Å²) in [5, 5.41) is 93.7. The molecular weight excluding hydrogens is 660 g/mol. The first kappa shape index (κ1) is 46.5. The molecule has 51 heavy (non-hydrogen) atoms. The van der Waals surface area contributed by atoms with Gasteiger partial charge in [0.05, 0.1) is 62.0 Å². The Hall–Kier alpha value is -2.49. The lowest BCUT2D eigenvalue weighted by molar-refractivity contribution is -0.282. The molecule has 1 aliphatic rings. The van der Waals surface area contributed by atoms with E-state index in [4.69, 9.17) is 4.74 Å². The first-order valence-corrected chi connectivity index (χ1v) is 17.9. The minimum atomic E-state index is -1.77. The predicted molar refractivity (Wildman–Crippen MR) is 195 cm³/mol. The number of ether oxygens (including phenoxy) is 2. The van der Waals surface area contributed by atoms with Crippen molar-refractivity contribution in [2.24, 2.45) is 11.8 Å². The van der Waals surface area contributed by atoms with E-state index in [1.54, 1.807) is 38.2 Å². The van der Waals surface area contributed by atoms with Crippen molar-refractivity contribution < 1.29 is 60.2 Å². The van der Waals surface area contributed by atoms with Crippen LogP contribution >= 0.6 is 0 Å². The first-order chi connectivity index (χ1) is 24.0. The summed E-state index contributed by atoms with van der Waals surface area (Å²) in [5.41, 5.74) is 0.490. The normalized spacial score (nSPS) is 25.6. The van der Waals surface area contributed by atoms with Crippen molar-refractivity contribution in [2.75, 3.05) is 7.11 Å². The van der Waals surface area contributed by atoms with E-state index in [1.807, 2.05) is 44.2 Å². The van der Waals surface area contributed by atoms with Crippen LogP contribution in [0.5, 0.6) is 0 Å². The fraction of sp³-hybridized carbons (Fsp3) is 0.667. The number of carbonyl (C=O) groups excluding carboxylic acids is 1. The third kappa shape index (κ3) is 20.4. The molecule has 1 heterocycles. The highest BCUT2D eigenvalue weighted by molar-refractivity contribution is 5.87. The maximum Gasteiger partial charge on any atom is 0.333 e. The summed E-state index contributed by atoms with van der Waals surface area (Å²) >= 11 is 0. The number of allylic oxidation sites excluding steroid dienone is 8. The molecule has 0 aromatic carbocycles. The SMILES string of the molecule is COC(=O)/C(C)=C/C=C/C=C/C=C/C=C/C[C@@H]1C[C@H](O)C[C@](O)(C[C@H](O)C[C@@H](O)/C=C/C[C@@H](O)C[C@@H](O)C[C@H](O)C[C@H](O)[C@H](C)[C@@H](O)C(C)C)O1. The molecule has 9 N–H and O–H groups in total. The van der Waals surface area contributed by atoms with Gasteiger partial charge in [-0.2, -0.15) is 0 Å². The second kappa shape index (κ2) is 24.7. The molecule has 1 rings (SSSR count). The van der Waals surface area contributed by atoms with Crippen molar-refractivity contribution in [3.8, 4) is 0 Å². The fourth-order valence-electron chi connectivity index (χ4n) is 5.94. The average molecular weight is 725 g/mol. The van der Waals surface area contributed by atoms with E-state index in [1.165, 1.54) is 19.3 Å². The molecule has 11 atom stereocenters. The van der Waals surface area contributed by atoms with Crippen LogP contribution in [-0.4, -0.2) is 120 Å². The molecule has 0 radical (unpaired) electrons. The fourth-order valence-corrected chi connectivity index (χ4v) is 5.94. The third-order valence-corrected chi connectivity index (χ3v) is 8.80. The number of hydrogen-bond acceptors (Lipinski definition) is 12. The van der Waals surface area contributed by atoms with Crippen LogP contribution in [0.25, 0.3) is 0 Å². The van der Waals surface area contributed by atoms with Gasteiger partial charge in [-0.1, -0.05) is 87.6 Å². The van der Waals surface area contributed by atoms with Crippen LogP contribution < -0.4 is 0 Å². The van der Waals surface area contributed by atoms with Crippen molar-refractivity contribution >= 4 is 5.97 Å². The van der Waals surface area contributed by atoms with Crippen LogP contribution in [0.3, 0.4) is 0 Å². The lowest BCUT2D eigenvalue weighted by Gasteiger charge is -2.40. The van der Waals surface area contributed by atoms with Crippen LogP contribution in [0.15, 0.2) is 72.4 Å². The Morgan fingerprint density at radius 1 is 0.824 bits per heavy atom. The number of methoxy groups -OCH3 is 1. The lowest BCUT2D eigenvalue weighted by atomic mass is 9.87. The number of hydrogen-bond donors (Lipinski definition) is 9. The second-order valence-corrected chi connectivity index (χ2v) is 14.1. The number of aliphatic hydroxyl groups is 9. The molecule has 0 unspecified atom stereocenters. The molecule has 0 aromatic heterocycles. The topological polar surface area (TPSA) is 218 Å². The highest BCUT2D eigenvalue weighted by Crippen LogP contribution is 2.33. The Bertz CT molecular complexity index is 1160. The maximum atomic E-state index is 11.3. The van der Waals surface area contributed by atoms with E-state index < -0.39 is 66.6 Å². The van der Waals surface area contributed by atoms with Gasteiger partial charge in [0.2, 0.25) is 0 Å². The molecule has 1 fully saturated rings. The summed E-state index contributed by atoms with van der Waals surface area (Å²) in [7, 11) is 1.33. The van der Waals surface area contributed by atoms with E-state index >= 15 is 0 Å². The van der Waals surface area contributed by atoms with Gasteiger partial charge in [-0.05, 0) is 44.9 Å².